The molecule has 0 saturated carbocycles. The van der Waals surface area contributed by atoms with Crippen LogP contribution in [0.1, 0.15) is 37.5 Å². The third-order valence-electron chi connectivity index (χ3n) is 3.53. The summed E-state index contributed by atoms with van der Waals surface area (Å²) >= 11 is 6.93. The quantitative estimate of drug-likeness (QED) is 0.354. The van der Waals surface area contributed by atoms with E-state index in [1.807, 2.05) is 13.0 Å². The van der Waals surface area contributed by atoms with Crippen LogP contribution in [0.3, 0.4) is 0 Å². The Morgan fingerprint density at radius 2 is 1.86 bits per heavy atom. The number of amides is 1. The van der Waals surface area contributed by atoms with E-state index in [-0.39, 0.29) is 5.91 Å². The molecule has 0 aromatic heterocycles. The van der Waals surface area contributed by atoms with Crippen LogP contribution in [0, 0.1) is 18.6 Å². The molecule has 1 amide bonds. The van der Waals surface area contributed by atoms with Gasteiger partial charge in [0.05, 0.1) is 10.7 Å². The van der Waals surface area contributed by atoms with Crippen molar-refractivity contribution in [1.29, 1.82) is 0 Å². The highest BCUT2D eigenvalue weighted by Crippen LogP contribution is 2.18. The molecule has 0 heterocycles. The summed E-state index contributed by atoms with van der Waals surface area (Å²) < 4.78 is 28.2. The lowest BCUT2D eigenvalue weighted by atomic mass is 10.1. The zero-order chi connectivity index (χ0) is 21.3. The van der Waals surface area contributed by atoms with Crippen molar-refractivity contribution in [1.82, 2.24) is 4.72 Å². The summed E-state index contributed by atoms with van der Waals surface area (Å²) in [5.74, 6) is -2.07. The van der Waals surface area contributed by atoms with Gasteiger partial charge in [-0.15, -0.1) is 0 Å². The topological polar surface area (TPSA) is 41.5 Å². The fraction of sp³-hybridized carbons (Fsp3) is 0.238. The van der Waals surface area contributed by atoms with Crippen LogP contribution in [0.15, 0.2) is 48.0 Å². The van der Waals surface area contributed by atoms with Crippen LogP contribution >= 0.6 is 23.5 Å². The second-order valence-corrected chi connectivity index (χ2v) is 7.31. The molecule has 0 saturated heterocycles. The molecule has 1 N–H and O–H groups in total. The molecule has 28 heavy (non-hydrogen) atoms. The fourth-order valence-corrected chi connectivity index (χ4v) is 2.61. The van der Waals surface area contributed by atoms with E-state index in [1.54, 1.807) is 6.92 Å². The van der Waals surface area contributed by atoms with E-state index in [0.29, 0.717) is 16.3 Å². The average Bonchev–Trinajstić information content (AvgIpc) is 2.65. The van der Waals surface area contributed by atoms with Crippen molar-refractivity contribution in [2.24, 2.45) is 4.99 Å². The summed E-state index contributed by atoms with van der Waals surface area (Å²) in [6.45, 7) is 10.9. The molecule has 2 aromatic carbocycles. The Morgan fingerprint density at radius 1 is 1.18 bits per heavy atom. The number of rotatable bonds is 3. The number of nitrogens with zero attached hydrogens (tertiary/aromatic N) is 1. The lowest BCUT2D eigenvalue weighted by Crippen LogP contribution is -2.12. The summed E-state index contributed by atoms with van der Waals surface area (Å²) in [6, 6.07) is 9.62. The normalized spacial score (nSPS) is 10.8. The zero-order valence-corrected chi connectivity index (χ0v) is 17.8. The molecule has 150 valence electrons. The number of nitrogens with one attached hydrogen (secondary N) is 1. The average molecular weight is 425 g/mol. The van der Waals surface area contributed by atoms with E-state index in [1.165, 1.54) is 18.6 Å². The van der Waals surface area contributed by atoms with E-state index in [2.05, 4.69) is 35.3 Å². The van der Waals surface area contributed by atoms with E-state index in [4.69, 9.17) is 11.6 Å². The fourth-order valence-electron chi connectivity index (χ4n) is 1.96. The summed E-state index contributed by atoms with van der Waals surface area (Å²) in [6.07, 6.45) is 1.06. The largest absolute Gasteiger partial charge is 0.295 e. The second kappa shape index (κ2) is 11.6. The number of hydrogen-bond donors (Lipinski definition) is 1. The molecule has 2 aromatic rings. The first-order valence-electron chi connectivity index (χ1n) is 8.52. The van der Waals surface area contributed by atoms with Crippen LogP contribution in [-0.4, -0.2) is 11.0 Å². The molecular weight excluding hydrogens is 402 g/mol. The van der Waals surface area contributed by atoms with Gasteiger partial charge in [-0.3, -0.25) is 9.52 Å². The van der Waals surface area contributed by atoms with Gasteiger partial charge in [0.25, 0.3) is 0 Å². The predicted octanol–water partition coefficient (Wildman–Crippen LogP) is 6.35. The van der Waals surface area contributed by atoms with Gasteiger partial charge < -0.3 is 0 Å². The molecular formula is C21H23ClF2N2OS. The maximum atomic E-state index is 13.0. The molecule has 0 bridgehead atoms. The van der Waals surface area contributed by atoms with Crippen LogP contribution in [0.25, 0.3) is 5.70 Å². The lowest BCUT2D eigenvalue weighted by Gasteiger charge is -2.04. The maximum Gasteiger partial charge on any atom is 0.226 e. The Balaban J connectivity index is 0.000000330. The van der Waals surface area contributed by atoms with Gasteiger partial charge in [0.15, 0.2) is 11.6 Å². The van der Waals surface area contributed by atoms with Crippen LogP contribution in [0.2, 0.25) is 5.02 Å². The van der Waals surface area contributed by atoms with Crippen LogP contribution in [0.4, 0.5) is 8.78 Å². The lowest BCUT2D eigenvalue weighted by molar-refractivity contribution is -0.117. The molecule has 7 heteroatoms. The van der Waals surface area contributed by atoms with Crippen LogP contribution in [0.5, 0.6) is 0 Å². The number of benzene rings is 2. The van der Waals surface area contributed by atoms with Crippen LogP contribution in [-0.2, 0) is 11.2 Å². The van der Waals surface area contributed by atoms with Gasteiger partial charge in [-0.05, 0) is 55.7 Å². The van der Waals surface area contributed by atoms with Gasteiger partial charge in [0.2, 0.25) is 5.91 Å². The third-order valence-corrected chi connectivity index (χ3v) is 4.72. The minimum Gasteiger partial charge on any atom is -0.295 e. The number of halogens is 3. The van der Waals surface area contributed by atoms with E-state index >= 15 is 0 Å². The maximum absolute atomic E-state index is 13.0. The van der Waals surface area contributed by atoms with Crippen molar-refractivity contribution in [3.8, 4) is 0 Å². The Kier molecular flexibility index (Phi) is 9.90. The Labute approximate surface area is 174 Å². The van der Waals surface area contributed by atoms with Crippen molar-refractivity contribution >= 4 is 40.2 Å². The monoisotopic (exact) mass is 424 g/mol. The number of carbonyl (C=O) groups excluding carboxylic acids is 1. The molecule has 0 spiro atoms. The molecule has 0 aliphatic carbocycles. The molecule has 3 nitrogen and oxygen atoms in total. The number of aryl methyl sites for hydroxylation is 2. The van der Waals surface area contributed by atoms with Gasteiger partial charge in [0, 0.05) is 29.5 Å². The smallest absolute Gasteiger partial charge is 0.226 e. The Hall–Kier alpha value is -2.18. The Morgan fingerprint density at radius 3 is 2.39 bits per heavy atom. The highest BCUT2D eigenvalue weighted by molar-refractivity contribution is 8.12. The summed E-state index contributed by atoms with van der Waals surface area (Å²) in [7, 11) is 0. The first kappa shape index (κ1) is 23.9. The molecule has 0 aliphatic heterocycles. The van der Waals surface area contributed by atoms with Gasteiger partial charge in [-0.1, -0.05) is 37.2 Å². The van der Waals surface area contributed by atoms with E-state index < -0.39 is 11.6 Å². The van der Waals surface area contributed by atoms with Crippen molar-refractivity contribution in [2.45, 2.75) is 34.1 Å². The van der Waals surface area contributed by atoms with Gasteiger partial charge in [-0.2, -0.15) is 0 Å². The van der Waals surface area contributed by atoms with Gasteiger partial charge in [0.1, 0.15) is 0 Å². The van der Waals surface area contributed by atoms with E-state index in [0.717, 1.165) is 41.1 Å². The molecule has 0 unspecified atom stereocenters. The van der Waals surface area contributed by atoms with Crippen molar-refractivity contribution in [2.75, 3.05) is 0 Å². The second-order valence-electron chi connectivity index (χ2n) is 5.90. The van der Waals surface area contributed by atoms with Gasteiger partial charge >= 0.3 is 0 Å². The molecule has 0 radical (unpaired) electrons. The van der Waals surface area contributed by atoms with E-state index in [9.17, 15) is 13.6 Å². The van der Waals surface area contributed by atoms with Crippen molar-refractivity contribution in [3.63, 3.8) is 0 Å². The summed E-state index contributed by atoms with van der Waals surface area (Å²) in [5, 5.41) is 1.42. The Bertz CT molecular complexity index is 885. The minimum absolute atomic E-state index is 0.201. The number of carbonyl (C=O) groups is 1. The first-order chi connectivity index (χ1) is 13.1. The minimum atomic E-state index is -0.948. The van der Waals surface area contributed by atoms with Crippen molar-refractivity contribution in [3.05, 3.63) is 76.3 Å². The molecule has 0 atom stereocenters. The standard InChI is InChI=1S/C12H12F2N2OS.C9H11Cl/c1-7(15-9(3)18-16-8(2)17)10-4-5-11(13)12(14)6-10;1-3-8-5-4-7(2)9(10)6-8/h4-6H,1H2,2-3H3,(H,16,17);4-6H,3H2,1-2H3. The molecule has 0 fully saturated rings. The highest BCUT2D eigenvalue weighted by atomic mass is 35.5. The third kappa shape index (κ3) is 8.23. The highest BCUT2D eigenvalue weighted by Gasteiger charge is 2.05. The zero-order valence-electron chi connectivity index (χ0n) is 16.3. The van der Waals surface area contributed by atoms with Crippen molar-refractivity contribution < 1.29 is 13.6 Å². The first-order valence-corrected chi connectivity index (χ1v) is 9.71. The summed E-state index contributed by atoms with van der Waals surface area (Å²) in [5.41, 5.74) is 3.13. The van der Waals surface area contributed by atoms with Crippen LogP contribution < -0.4 is 4.72 Å². The number of hydrogen-bond acceptors (Lipinski definition) is 3. The van der Waals surface area contributed by atoms with Gasteiger partial charge in [-0.25, -0.2) is 13.8 Å². The SMILES string of the molecule is C=C(N=C(C)SNC(C)=O)c1ccc(F)c(F)c1.CCc1ccc(C)c(Cl)c1. The predicted molar refractivity (Wildman–Crippen MR) is 115 cm³/mol. The molecule has 0 aliphatic rings. The summed E-state index contributed by atoms with van der Waals surface area (Å²) in [4.78, 5) is 14.8. The number of aliphatic imine (C=N–C) groups is 1. The molecule has 2 rings (SSSR count).